The van der Waals surface area contributed by atoms with E-state index >= 15 is 0 Å². The number of hydrogen-bond donors (Lipinski definition) is 2. The molecular formula is C20H12F4N4O2. The van der Waals surface area contributed by atoms with Gasteiger partial charge in [-0.3, -0.25) is 4.79 Å². The van der Waals surface area contributed by atoms with E-state index in [0.29, 0.717) is 22.0 Å². The average Bonchev–Trinajstić information content (AvgIpc) is 3.13. The van der Waals surface area contributed by atoms with Crippen molar-refractivity contribution < 1.29 is 27.1 Å². The number of carbonyl (C=O) groups is 1. The highest BCUT2D eigenvalue weighted by atomic mass is 19.4. The Balaban J connectivity index is 1.77. The molecule has 0 saturated carbocycles. The highest BCUT2D eigenvalue weighted by Gasteiger charge is 2.34. The maximum Gasteiger partial charge on any atom is 0.417 e. The third-order valence-corrected chi connectivity index (χ3v) is 4.36. The van der Waals surface area contributed by atoms with E-state index in [9.17, 15) is 27.6 Å². The molecule has 0 spiro atoms. The van der Waals surface area contributed by atoms with Gasteiger partial charge in [0.05, 0.1) is 22.3 Å². The Morgan fingerprint density at radius 1 is 1.10 bits per heavy atom. The molecule has 4 aromatic rings. The number of carbonyl (C=O) groups excluding carboxylic acids is 1. The number of hydrogen-bond acceptors (Lipinski definition) is 3. The number of rotatable bonds is 3. The molecule has 0 aliphatic rings. The lowest BCUT2D eigenvalue weighted by atomic mass is 10.1. The number of fused-ring (bicyclic) bond motifs is 1. The summed E-state index contributed by atoms with van der Waals surface area (Å²) in [5.41, 5.74) is -0.641. The van der Waals surface area contributed by atoms with Gasteiger partial charge in [0.25, 0.3) is 5.91 Å². The number of anilines is 1. The van der Waals surface area contributed by atoms with Crippen molar-refractivity contribution >= 4 is 22.6 Å². The largest absolute Gasteiger partial charge is 0.619 e. The number of pyridine rings is 1. The van der Waals surface area contributed by atoms with Gasteiger partial charge in [-0.05, 0) is 30.3 Å². The van der Waals surface area contributed by atoms with Gasteiger partial charge >= 0.3 is 6.18 Å². The minimum absolute atomic E-state index is 0.0961. The van der Waals surface area contributed by atoms with Crippen molar-refractivity contribution in [2.75, 3.05) is 5.32 Å². The highest BCUT2D eigenvalue weighted by Crippen LogP contribution is 2.37. The summed E-state index contributed by atoms with van der Waals surface area (Å²) >= 11 is 0. The Hall–Kier alpha value is -3.95. The van der Waals surface area contributed by atoms with Crippen LogP contribution in [0.1, 0.15) is 15.9 Å². The molecule has 30 heavy (non-hydrogen) atoms. The maximum absolute atomic E-state index is 13.7. The molecule has 0 aliphatic carbocycles. The van der Waals surface area contributed by atoms with Crippen LogP contribution >= 0.6 is 0 Å². The zero-order valence-corrected chi connectivity index (χ0v) is 15.0. The highest BCUT2D eigenvalue weighted by molar-refractivity contribution is 6.11. The smallest absolute Gasteiger partial charge is 0.417 e. The van der Waals surface area contributed by atoms with Crippen LogP contribution in [-0.4, -0.2) is 15.9 Å². The molecule has 2 N–H and O–H groups in total. The maximum atomic E-state index is 13.7. The van der Waals surface area contributed by atoms with Gasteiger partial charge in [0, 0.05) is 17.7 Å². The molecule has 2 aromatic carbocycles. The summed E-state index contributed by atoms with van der Waals surface area (Å²) in [6.07, 6.45) is -2.31. The summed E-state index contributed by atoms with van der Waals surface area (Å²) in [5.74, 6) is -1.64. The molecule has 2 aromatic heterocycles. The van der Waals surface area contributed by atoms with Crippen molar-refractivity contribution in [2.24, 2.45) is 0 Å². The first-order valence-corrected chi connectivity index (χ1v) is 8.58. The predicted molar refractivity (Wildman–Crippen MR) is 99.8 cm³/mol. The number of imidazole rings is 1. The second kappa shape index (κ2) is 7.14. The van der Waals surface area contributed by atoms with Crippen molar-refractivity contribution in [2.45, 2.75) is 6.18 Å². The average molecular weight is 416 g/mol. The number of nitrogens with zero attached hydrogens (tertiary/aromatic N) is 2. The van der Waals surface area contributed by atoms with Crippen LogP contribution in [0.3, 0.4) is 0 Å². The van der Waals surface area contributed by atoms with E-state index in [1.54, 1.807) is 0 Å². The van der Waals surface area contributed by atoms with Crippen LogP contribution < -0.4 is 10.0 Å². The van der Waals surface area contributed by atoms with Gasteiger partial charge in [0.1, 0.15) is 17.2 Å². The summed E-state index contributed by atoms with van der Waals surface area (Å²) < 4.78 is 54.2. The molecule has 1 amide bonds. The minimum Gasteiger partial charge on any atom is -0.619 e. The summed E-state index contributed by atoms with van der Waals surface area (Å²) in [5, 5.41) is 13.7. The molecule has 152 valence electrons. The second-order valence-electron chi connectivity index (χ2n) is 6.38. The second-order valence-corrected chi connectivity index (χ2v) is 6.38. The summed E-state index contributed by atoms with van der Waals surface area (Å²) in [4.78, 5) is 19.5. The standard InChI is InChI=1S/C20H12F4N4O2/c21-11-4-5-15(20(22,23)24)14(10-11)18-26-16-3-1-2-13(17(16)27-18)19(29)25-12-6-8-28(30)9-7-12/h1-10H,(H,25,29)(H,26,27). The number of aromatic amines is 1. The fourth-order valence-electron chi connectivity index (χ4n) is 3.00. The fourth-order valence-corrected chi connectivity index (χ4v) is 3.00. The molecule has 10 heteroatoms. The van der Waals surface area contributed by atoms with E-state index < -0.39 is 29.0 Å². The van der Waals surface area contributed by atoms with Crippen LogP contribution in [0.2, 0.25) is 0 Å². The summed E-state index contributed by atoms with van der Waals surface area (Å²) in [7, 11) is 0. The molecule has 0 bridgehead atoms. The Bertz CT molecular complexity index is 1250. The zero-order chi connectivity index (χ0) is 21.5. The van der Waals surface area contributed by atoms with E-state index in [4.69, 9.17) is 0 Å². The van der Waals surface area contributed by atoms with E-state index in [1.165, 1.54) is 42.7 Å². The normalized spacial score (nSPS) is 11.6. The SMILES string of the molecule is O=C(Nc1cc[n+]([O-])cc1)c1cccc2[nH]c(-c3cc(F)ccc3C(F)(F)F)nc12. The van der Waals surface area contributed by atoms with Gasteiger partial charge in [-0.1, -0.05) is 6.07 Å². The number of para-hydroxylation sites is 1. The molecular weight excluding hydrogens is 404 g/mol. The predicted octanol–water partition coefficient (Wildman–Crippen LogP) is 4.27. The van der Waals surface area contributed by atoms with Gasteiger partial charge in [0.2, 0.25) is 0 Å². The fraction of sp³-hybridized carbons (Fsp3) is 0.0500. The van der Waals surface area contributed by atoms with E-state index in [2.05, 4.69) is 15.3 Å². The first-order chi connectivity index (χ1) is 14.2. The Kier molecular flexibility index (Phi) is 4.61. The summed E-state index contributed by atoms with van der Waals surface area (Å²) in [6, 6.07) is 9.41. The van der Waals surface area contributed by atoms with Crippen molar-refractivity contribution in [1.82, 2.24) is 9.97 Å². The lowest BCUT2D eigenvalue weighted by molar-refractivity contribution is -0.605. The number of H-pyrrole nitrogens is 1. The quantitative estimate of drug-likeness (QED) is 0.297. The van der Waals surface area contributed by atoms with Crippen molar-refractivity contribution in [3.63, 3.8) is 0 Å². The number of alkyl halides is 3. The van der Waals surface area contributed by atoms with Crippen LogP contribution in [0.15, 0.2) is 60.9 Å². The Labute approximate surface area is 166 Å². The van der Waals surface area contributed by atoms with E-state index in [-0.39, 0.29) is 16.9 Å². The van der Waals surface area contributed by atoms with Gasteiger partial charge in [0.15, 0.2) is 12.4 Å². The van der Waals surface area contributed by atoms with Crippen LogP contribution in [0.5, 0.6) is 0 Å². The Morgan fingerprint density at radius 2 is 1.83 bits per heavy atom. The van der Waals surface area contributed by atoms with Gasteiger partial charge in [-0.15, -0.1) is 0 Å². The number of benzene rings is 2. The Morgan fingerprint density at radius 3 is 2.53 bits per heavy atom. The number of amides is 1. The van der Waals surface area contributed by atoms with Crippen molar-refractivity contribution in [3.8, 4) is 11.4 Å². The molecule has 0 unspecified atom stereocenters. The molecule has 0 atom stereocenters. The number of nitrogens with one attached hydrogen (secondary N) is 2. The molecule has 0 saturated heterocycles. The lowest BCUT2D eigenvalue weighted by Gasteiger charge is -2.11. The molecule has 2 heterocycles. The monoisotopic (exact) mass is 416 g/mol. The van der Waals surface area contributed by atoms with Gasteiger partial charge < -0.3 is 15.5 Å². The first kappa shape index (κ1) is 19.4. The van der Waals surface area contributed by atoms with E-state index in [1.807, 2.05) is 0 Å². The van der Waals surface area contributed by atoms with Gasteiger partial charge in [-0.25, -0.2) is 9.37 Å². The van der Waals surface area contributed by atoms with Crippen LogP contribution in [0.25, 0.3) is 22.4 Å². The molecule has 0 fully saturated rings. The van der Waals surface area contributed by atoms with Crippen LogP contribution in [0, 0.1) is 11.0 Å². The number of halogens is 4. The lowest BCUT2D eigenvalue weighted by Crippen LogP contribution is -2.24. The third-order valence-electron chi connectivity index (χ3n) is 4.36. The molecule has 0 radical (unpaired) electrons. The van der Waals surface area contributed by atoms with Gasteiger partial charge in [-0.2, -0.15) is 17.9 Å². The summed E-state index contributed by atoms with van der Waals surface area (Å²) in [6.45, 7) is 0. The van der Waals surface area contributed by atoms with Crippen molar-refractivity contribution in [3.05, 3.63) is 83.1 Å². The first-order valence-electron chi connectivity index (χ1n) is 8.58. The van der Waals surface area contributed by atoms with Crippen LogP contribution in [0.4, 0.5) is 23.2 Å². The topological polar surface area (TPSA) is 84.7 Å². The molecule has 6 nitrogen and oxygen atoms in total. The minimum atomic E-state index is -4.71. The molecule has 0 aliphatic heterocycles. The molecule has 4 rings (SSSR count). The number of aromatic nitrogens is 3. The zero-order valence-electron chi connectivity index (χ0n) is 15.0. The third kappa shape index (κ3) is 3.66. The van der Waals surface area contributed by atoms with E-state index in [0.717, 1.165) is 12.1 Å². The van der Waals surface area contributed by atoms with Crippen LogP contribution in [-0.2, 0) is 6.18 Å². The van der Waals surface area contributed by atoms with Crippen molar-refractivity contribution in [1.29, 1.82) is 0 Å².